The van der Waals surface area contributed by atoms with E-state index >= 15 is 0 Å². The monoisotopic (exact) mass is 193 g/mol. The summed E-state index contributed by atoms with van der Waals surface area (Å²) in [5, 5.41) is 9.05. The van der Waals surface area contributed by atoms with Crippen molar-refractivity contribution in [2.75, 3.05) is 7.11 Å². The van der Waals surface area contributed by atoms with Gasteiger partial charge in [0.2, 0.25) is 0 Å². The summed E-state index contributed by atoms with van der Waals surface area (Å²) in [7, 11) is 1.32. The van der Waals surface area contributed by atoms with Crippen LogP contribution < -0.4 is 0 Å². The van der Waals surface area contributed by atoms with Gasteiger partial charge >= 0.3 is 5.97 Å². The van der Waals surface area contributed by atoms with Crippen molar-refractivity contribution in [3.8, 4) is 6.07 Å². The van der Waals surface area contributed by atoms with E-state index in [9.17, 15) is 4.79 Å². The maximum atomic E-state index is 11.5. The van der Waals surface area contributed by atoms with Crippen LogP contribution in [-0.4, -0.2) is 13.1 Å². The number of methoxy groups -OCH3 is 1. The minimum atomic E-state index is -1.02. The van der Waals surface area contributed by atoms with E-state index in [0.717, 1.165) is 19.3 Å². The Hall–Kier alpha value is -1.30. The number of esters is 1. The van der Waals surface area contributed by atoms with Gasteiger partial charge in [0, 0.05) is 5.92 Å². The van der Waals surface area contributed by atoms with Crippen LogP contribution in [0.1, 0.15) is 26.2 Å². The van der Waals surface area contributed by atoms with Gasteiger partial charge in [-0.2, -0.15) is 5.26 Å². The van der Waals surface area contributed by atoms with Gasteiger partial charge in [-0.1, -0.05) is 12.2 Å². The molecule has 0 saturated carbocycles. The van der Waals surface area contributed by atoms with E-state index in [0.29, 0.717) is 0 Å². The van der Waals surface area contributed by atoms with Crippen LogP contribution >= 0.6 is 0 Å². The molecule has 1 aliphatic rings. The molecule has 0 amide bonds. The standard InChI is InChI=1S/C11H15NO2/c1-11(8-12,10(13)14-2)9-6-4-3-5-7-9/h4,6,9H,3,5,7H2,1-2H3. The van der Waals surface area contributed by atoms with Crippen molar-refractivity contribution in [3.05, 3.63) is 12.2 Å². The molecule has 0 aromatic rings. The predicted octanol–water partition coefficient (Wildman–Crippen LogP) is 2.05. The van der Waals surface area contributed by atoms with Crippen molar-refractivity contribution in [1.82, 2.24) is 0 Å². The fraction of sp³-hybridized carbons (Fsp3) is 0.636. The molecule has 76 valence electrons. The van der Waals surface area contributed by atoms with Gasteiger partial charge in [-0.15, -0.1) is 0 Å². The summed E-state index contributed by atoms with van der Waals surface area (Å²) >= 11 is 0. The summed E-state index contributed by atoms with van der Waals surface area (Å²) in [6, 6.07) is 2.07. The summed E-state index contributed by atoms with van der Waals surface area (Å²) in [5.41, 5.74) is -1.02. The van der Waals surface area contributed by atoms with Gasteiger partial charge in [-0.25, -0.2) is 0 Å². The maximum Gasteiger partial charge on any atom is 0.326 e. The van der Waals surface area contributed by atoms with Crippen molar-refractivity contribution in [1.29, 1.82) is 5.26 Å². The highest BCUT2D eigenvalue weighted by Gasteiger charge is 2.41. The molecule has 0 aliphatic heterocycles. The van der Waals surface area contributed by atoms with Crippen LogP contribution in [0.4, 0.5) is 0 Å². The average Bonchev–Trinajstić information content (AvgIpc) is 2.28. The fourth-order valence-corrected chi connectivity index (χ4v) is 1.79. The summed E-state index contributed by atoms with van der Waals surface area (Å²) < 4.78 is 4.66. The van der Waals surface area contributed by atoms with Crippen LogP contribution in [0.15, 0.2) is 12.2 Å². The van der Waals surface area contributed by atoms with E-state index in [2.05, 4.69) is 10.8 Å². The number of hydrogen-bond acceptors (Lipinski definition) is 3. The SMILES string of the molecule is COC(=O)C(C)(C#N)C1C=CCCC1. The number of carbonyl (C=O) groups excluding carboxylic acids is 1. The number of hydrogen-bond donors (Lipinski definition) is 0. The zero-order chi connectivity index (χ0) is 10.6. The number of nitriles is 1. The zero-order valence-electron chi connectivity index (χ0n) is 8.62. The van der Waals surface area contributed by atoms with Gasteiger partial charge in [0.1, 0.15) is 0 Å². The molecule has 2 atom stereocenters. The molecule has 0 radical (unpaired) electrons. The highest BCUT2D eigenvalue weighted by atomic mass is 16.5. The molecule has 2 unspecified atom stereocenters. The molecule has 0 aromatic carbocycles. The fourth-order valence-electron chi connectivity index (χ4n) is 1.79. The highest BCUT2D eigenvalue weighted by Crippen LogP contribution is 2.35. The van der Waals surface area contributed by atoms with Gasteiger partial charge in [0.05, 0.1) is 13.2 Å². The molecule has 3 nitrogen and oxygen atoms in total. The van der Waals surface area contributed by atoms with Gasteiger partial charge in [0.15, 0.2) is 5.41 Å². The molecule has 3 heteroatoms. The lowest BCUT2D eigenvalue weighted by atomic mass is 9.74. The molecule has 0 aromatic heterocycles. The third-order valence-corrected chi connectivity index (χ3v) is 2.84. The van der Waals surface area contributed by atoms with Crippen molar-refractivity contribution in [2.24, 2.45) is 11.3 Å². The first kappa shape index (κ1) is 10.8. The van der Waals surface area contributed by atoms with Crippen molar-refractivity contribution in [2.45, 2.75) is 26.2 Å². The first-order valence-corrected chi connectivity index (χ1v) is 4.81. The van der Waals surface area contributed by atoms with Crippen LogP contribution in [0.3, 0.4) is 0 Å². The van der Waals surface area contributed by atoms with E-state index in [-0.39, 0.29) is 5.92 Å². The Morgan fingerprint density at radius 2 is 2.43 bits per heavy atom. The predicted molar refractivity (Wildman–Crippen MR) is 52.2 cm³/mol. The highest BCUT2D eigenvalue weighted by molar-refractivity contribution is 5.80. The topological polar surface area (TPSA) is 50.1 Å². The largest absolute Gasteiger partial charge is 0.468 e. The molecule has 1 rings (SSSR count). The molecular formula is C11H15NO2. The molecule has 0 N–H and O–H groups in total. The Kier molecular flexibility index (Phi) is 3.29. The number of carbonyl (C=O) groups is 1. The second kappa shape index (κ2) is 4.28. The minimum absolute atomic E-state index is 0.00583. The normalized spacial score (nSPS) is 24.8. The molecule has 14 heavy (non-hydrogen) atoms. The molecule has 0 saturated heterocycles. The van der Waals surface area contributed by atoms with E-state index in [1.807, 2.05) is 12.2 Å². The molecule has 0 bridgehead atoms. The Morgan fingerprint density at radius 1 is 1.71 bits per heavy atom. The Morgan fingerprint density at radius 3 is 2.86 bits per heavy atom. The lowest BCUT2D eigenvalue weighted by Gasteiger charge is -2.28. The van der Waals surface area contributed by atoms with E-state index in [1.165, 1.54) is 7.11 Å². The third-order valence-electron chi connectivity index (χ3n) is 2.84. The Labute approximate surface area is 84.4 Å². The summed E-state index contributed by atoms with van der Waals surface area (Å²) in [6.45, 7) is 1.65. The number of ether oxygens (including phenoxy) is 1. The second-order valence-corrected chi connectivity index (χ2v) is 3.77. The molecule has 0 fully saturated rings. The quantitative estimate of drug-likeness (QED) is 0.498. The first-order chi connectivity index (χ1) is 6.65. The lowest BCUT2D eigenvalue weighted by molar-refractivity contribution is -0.150. The van der Waals surface area contributed by atoms with Gasteiger partial charge in [0.25, 0.3) is 0 Å². The van der Waals surface area contributed by atoms with Crippen LogP contribution in [0.25, 0.3) is 0 Å². The molecule has 0 spiro atoms. The Bertz CT molecular complexity index is 290. The van der Waals surface area contributed by atoms with E-state index in [4.69, 9.17) is 5.26 Å². The van der Waals surface area contributed by atoms with Crippen LogP contribution in [0.5, 0.6) is 0 Å². The lowest BCUT2D eigenvalue weighted by Crippen LogP contribution is -2.35. The zero-order valence-corrected chi connectivity index (χ0v) is 8.62. The van der Waals surface area contributed by atoms with Crippen molar-refractivity contribution >= 4 is 5.97 Å². The van der Waals surface area contributed by atoms with Crippen molar-refractivity contribution in [3.63, 3.8) is 0 Å². The summed E-state index contributed by atoms with van der Waals surface area (Å²) in [4.78, 5) is 11.5. The smallest absolute Gasteiger partial charge is 0.326 e. The second-order valence-electron chi connectivity index (χ2n) is 3.77. The maximum absolute atomic E-state index is 11.5. The number of rotatable bonds is 2. The number of allylic oxidation sites excluding steroid dienone is 2. The Balaban J connectivity index is 2.89. The summed E-state index contributed by atoms with van der Waals surface area (Å²) in [6.07, 6.45) is 6.96. The average molecular weight is 193 g/mol. The van der Waals surface area contributed by atoms with Crippen LogP contribution in [0, 0.1) is 22.7 Å². The van der Waals surface area contributed by atoms with E-state index < -0.39 is 11.4 Å². The van der Waals surface area contributed by atoms with Crippen LogP contribution in [-0.2, 0) is 9.53 Å². The summed E-state index contributed by atoms with van der Waals surface area (Å²) in [5.74, 6) is -0.440. The van der Waals surface area contributed by atoms with Gasteiger partial charge in [-0.05, 0) is 26.2 Å². The molecular weight excluding hydrogens is 178 g/mol. The third kappa shape index (κ3) is 1.79. The van der Waals surface area contributed by atoms with Crippen LogP contribution in [0.2, 0.25) is 0 Å². The minimum Gasteiger partial charge on any atom is -0.468 e. The van der Waals surface area contributed by atoms with Crippen molar-refractivity contribution < 1.29 is 9.53 Å². The molecule has 0 heterocycles. The van der Waals surface area contributed by atoms with E-state index in [1.54, 1.807) is 6.92 Å². The van der Waals surface area contributed by atoms with Gasteiger partial charge in [-0.3, -0.25) is 4.79 Å². The number of nitrogens with zero attached hydrogens (tertiary/aromatic N) is 1. The first-order valence-electron chi connectivity index (χ1n) is 4.81. The molecule has 1 aliphatic carbocycles. The van der Waals surface area contributed by atoms with Gasteiger partial charge < -0.3 is 4.74 Å².